The molecule has 0 fully saturated rings. The van der Waals surface area contributed by atoms with Gasteiger partial charge >= 0.3 is 0 Å². The lowest BCUT2D eigenvalue weighted by atomic mass is 10.1. The first-order chi connectivity index (χ1) is 9.65. The lowest BCUT2D eigenvalue weighted by molar-refractivity contribution is 0.195. The van der Waals surface area contributed by atoms with E-state index in [1.54, 1.807) is 7.11 Å². The minimum atomic E-state index is 0.221. The Labute approximate surface area is 123 Å². The minimum absolute atomic E-state index is 0.221. The summed E-state index contributed by atoms with van der Waals surface area (Å²) in [5, 5.41) is 3.49. The van der Waals surface area contributed by atoms with Gasteiger partial charge in [-0.25, -0.2) is 0 Å². The maximum Gasteiger partial charge on any atom is 0.119 e. The molecule has 0 amide bonds. The molecule has 1 N–H and O–H groups in total. The third-order valence-electron chi connectivity index (χ3n) is 3.28. The lowest BCUT2D eigenvalue weighted by Crippen LogP contribution is -2.31. The first-order valence-electron chi connectivity index (χ1n) is 7.63. The van der Waals surface area contributed by atoms with Crippen LogP contribution in [0.4, 0.5) is 0 Å². The molecule has 2 unspecified atom stereocenters. The summed E-state index contributed by atoms with van der Waals surface area (Å²) >= 11 is 0. The Morgan fingerprint density at radius 1 is 1.15 bits per heavy atom. The molecule has 0 aromatic heterocycles. The van der Waals surface area contributed by atoms with E-state index in [2.05, 4.69) is 38.2 Å². The zero-order valence-electron chi connectivity index (χ0n) is 13.3. The normalized spacial score (nSPS) is 14.0. The molecule has 0 aliphatic heterocycles. The maximum absolute atomic E-state index is 5.95. The fraction of sp³-hybridized carbons (Fsp3) is 0.647. The van der Waals surface area contributed by atoms with Gasteiger partial charge in [0.15, 0.2) is 0 Å². The topological polar surface area (TPSA) is 30.5 Å². The van der Waals surface area contributed by atoms with Gasteiger partial charge < -0.3 is 14.8 Å². The molecular weight excluding hydrogens is 250 g/mol. The van der Waals surface area contributed by atoms with E-state index in [1.807, 2.05) is 12.1 Å². The molecule has 2 atom stereocenters. The van der Waals surface area contributed by atoms with Crippen LogP contribution in [0.25, 0.3) is 0 Å². The summed E-state index contributed by atoms with van der Waals surface area (Å²) < 4.78 is 11.0. The van der Waals surface area contributed by atoms with Crippen LogP contribution in [0.15, 0.2) is 24.3 Å². The summed E-state index contributed by atoms with van der Waals surface area (Å²) in [6.07, 6.45) is 3.36. The molecule has 0 bridgehead atoms. The number of hydrogen-bond donors (Lipinski definition) is 1. The van der Waals surface area contributed by atoms with E-state index in [0.29, 0.717) is 6.04 Å². The highest BCUT2D eigenvalue weighted by atomic mass is 16.5. The van der Waals surface area contributed by atoms with E-state index in [1.165, 1.54) is 12.0 Å². The van der Waals surface area contributed by atoms with Crippen LogP contribution in [0.5, 0.6) is 5.75 Å². The third kappa shape index (κ3) is 6.92. The summed E-state index contributed by atoms with van der Waals surface area (Å²) in [5.41, 5.74) is 1.28. The highest BCUT2D eigenvalue weighted by Gasteiger charge is 2.09. The molecule has 114 valence electrons. The lowest BCUT2D eigenvalue weighted by Gasteiger charge is -2.20. The van der Waals surface area contributed by atoms with Crippen LogP contribution in [-0.2, 0) is 11.2 Å². The quantitative estimate of drug-likeness (QED) is 0.712. The molecule has 0 spiro atoms. The molecule has 3 nitrogen and oxygen atoms in total. The van der Waals surface area contributed by atoms with Gasteiger partial charge in [0.1, 0.15) is 5.75 Å². The van der Waals surface area contributed by atoms with E-state index < -0.39 is 0 Å². The van der Waals surface area contributed by atoms with Gasteiger partial charge in [-0.15, -0.1) is 0 Å². The minimum Gasteiger partial charge on any atom is -0.491 e. The molecule has 20 heavy (non-hydrogen) atoms. The summed E-state index contributed by atoms with van der Waals surface area (Å²) in [7, 11) is 1.73. The predicted octanol–water partition coefficient (Wildman–Crippen LogP) is 3.42. The molecule has 1 aromatic carbocycles. The maximum atomic E-state index is 5.95. The van der Waals surface area contributed by atoms with Gasteiger partial charge in [0.2, 0.25) is 0 Å². The highest BCUT2D eigenvalue weighted by molar-refractivity contribution is 5.27. The molecule has 0 aliphatic rings. The molecule has 0 heterocycles. The Kier molecular flexibility index (Phi) is 8.31. The van der Waals surface area contributed by atoms with Crippen LogP contribution in [-0.4, -0.2) is 32.4 Å². The van der Waals surface area contributed by atoms with Gasteiger partial charge in [-0.3, -0.25) is 0 Å². The monoisotopic (exact) mass is 279 g/mol. The van der Waals surface area contributed by atoms with Crippen molar-refractivity contribution in [1.82, 2.24) is 5.32 Å². The van der Waals surface area contributed by atoms with Crippen LogP contribution in [0, 0.1) is 0 Å². The molecule has 3 heteroatoms. The number of hydrogen-bond acceptors (Lipinski definition) is 3. The molecule has 0 saturated heterocycles. The Hall–Kier alpha value is -1.06. The average molecular weight is 279 g/mol. The van der Waals surface area contributed by atoms with Crippen LogP contribution < -0.4 is 10.1 Å². The van der Waals surface area contributed by atoms with E-state index in [4.69, 9.17) is 9.47 Å². The largest absolute Gasteiger partial charge is 0.491 e. The van der Waals surface area contributed by atoms with Crippen molar-refractivity contribution >= 4 is 0 Å². The molecule has 1 aromatic rings. The molecule has 0 saturated carbocycles. The molecule has 0 aliphatic carbocycles. The van der Waals surface area contributed by atoms with Gasteiger partial charge in [-0.05, 0) is 57.4 Å². The second kappa shape index (κ2) is 9.78. The highest BCUT2D eigenvalue weighted by Crippen LogP contribution is 2.16. The van der Waals surface area contributed by atoms with Gasteiger partial charge in [-0.2, -0.15) is 0 Å². The number of rotatable bonds is 10. The van der Waals surface area contributed by atoms with E-state index in [-0.39, 0.29) is 6.10 Å². The zero-order valence-corrected chi connectivity index (χ0v) is 13.3. The summed E-state index contributed by atoms with van der Waals surface area (Å²) in [4.78, 5) is 0. The molecule has 1 rings (SSSR count). The van der Waals surface area contributed by atoms with Crippen molar-refractivity contribution in [2.24, 2.45) is 0 Å². The smallest absolute Gasteiger partial charge is 0.119 e. The molecular formula is C17H29NO2. The number of methoxy groups -OCH3 is 1. The van der Waals surface area contributed by atoms with Crippen LogP contribution in [0.3, 0.4) is 0 Å². The first-order valence-corrected chi connectivity index (χ1v) is 7.63. The SMILES string of the molecule is CCCNC(C)CC(C)Oc1ccc(CCOC)cc1. The van der Waals surface area contributed by atoms with Crippen molar-refractivity contribution in [2.75, 3.05) is 20.3 Å². The summed E-state index contributed by atoms with van der Waals surface area (Å²) in [6.45, 7) is 8.36. The van der Waals surface area contributed by atoms with E-state index in [9.17, 15) is 0 Å². The van der Waals surface area contributed by atoms with Gasteiger partial charge in [0, 0.05) is 13.2 Å². The Balaban J connectivity index is 2.35. The van der Waals surface area contributed by atoms with E-state index in [0.717, 1.165) is 31.7 Å². The number of benzene rings is 1. The standard InChI is InChI=1S/C17H29NO2/c1-5-11-18-14(2)13-15(3)20-17-8-6-16(7-9-17)10-12-19-4/h6-9,14-15,18H,5,10-13H2,1-4H3. The molecule has 0 radical (unpaired) electrons. The zero-order chi connectivity index (χ0) is 14.8. The fourth-order valence-electron chi connectivity index (χ4n) is 2.21. The van der Waals surface area contributed by atoms with Gasteiger partial charge in [0.25, 0.3) is 0 Å². The Morgan fingerprint density at radius 3 is 2.45 bits per heavy atom. The van der Waals surface area contributed by atoms with Crippen LogP contribution in [0.2, 0.25) is 0 Å². The van der Waals surface area contributed by atoms with Crippen LogP contribution >= 0.6 is 0 Å². The Morgan fingerprint density at radius 2 is 1.85 bits per heavy atom. The summed E-state index contributed by atoms with van der Waals surface area (Å²) in [6, 6.07) is 8.81. The van der Waals surface area contributed by atoms with Crippen molar-refractivity contribution in [3.63, 3.8) is 0 Å². The predicted molar refractivity (Wildman–Crippen MR) is 84.5 cm³/mol. The van der Waals surface area contributed by atoms with Crippen molar-refractivity contribution in [3.05, 3.63) is 29.8 Å². The fourth-order valence-corrected chi connectivity index (χ4v) is 2.21. The number of ether oxygens (including phenoxy) is 2. The number of nitrogens with one attached hydrogen (secondary N) is 1. The third-order valence-corrected chi connectivity index (χ3v) is 3.28. The average Bonchev–Trinajstić information content (AvgIpc) is 2.44. The van der Waals surface area contributed by atoms with Crippen LogP contribution in [0.1, 0.15) is 39.2 Å². The van der Waals surface area contributed by atoms with Crippen molar-refractivity contribution in [3.8, 4) is 5.75 Å². The first kappa shape index (κ1) is 17.0. The second-order valence-electron chi connectivity index (χ2n) is 5.41. The van der Waals surface area contributed by atoms with Gasteiger partial charge in [0.05, 0.1) is 12.7 Å². The van der Waals surface area contributed by atoms with Crippen molar-refractivity contribution < 1.29 is 9.47 Å². The van der Waals surface area contributed by atoms with Crippen molar-refractivity contribution in [2.45, 2.75) is 52.2 Å². The van der Waals surface area contributed by atoms with Crippen molar-refractivity contribution in [1.29, 1.82) is 0 Å². The Bertz CT molecular complexity index is 351. The summed E-state index contributed by atoms with van der Waals surface area (Å²) in [5.74, 6) is 0.946. The van der Waals surface area contributed by atoms with E-state index >= 15 is 0 Å². The second-order valence-corrected chi connectivity index (χ2v) is 5.41. The van der Waals surface area contributed by atoms with Gasteiger partial charge in [-0.1, -0.05) is 19.1 Å².